The summed E-state index contributed by atoms with van der Waals surface area (Å²) in [6.07, 6.45) is 0.985. The lowest BCUT2D eigenvalue weighted by Crippen LogP contribution is -2.38. The number of aryl methyl sites for hydroxylation is 3. The molecule has 1 aromatic carbocycles. The van der Waals surface area contributed by atoms with E-state index < -0.39 is 0 Å². The summed E-state index contributed by atoms with van der Waals surface area (Å²) in [5.41, 5.74) is 3.40. The van der Waals surface area contributed by atoms with Gasteiger partial charge in [-0.2, -0.15) is 5.10 Å². The van der Waals surface area contributed by atoms with Gasteiger partial charge in [0, 0.05) is 45.0 Å². The van der Waals surface area contributed by atoms with Crippen LogP contribution in [0.4, 0.5) is 0 Å². The largest absolute Gasteiger partial charge is 0.492 e. The summed E-state index contributed by atoms with van der Waals surface area (Å²) < 4.78 is 13.4. The van der Waals surface area contributed by atoms with Gasteiger partial charge in [-0.05, 0) is 51.0 Å². The van der Waals surface area contributed by atoms with E-state index in [4.69, 9.17) is 14.5 Å². The molecule has 0 atom stereocenters. The van der Waals surface area contributed by atoms with E-state index in [1.807, 2.05) is 19.1 Å². The zero-order valence-electron chi connectivity index (χ0n) is 20.2. The third-order valence-electron chi connectivity index (χ3n) is 5.38. The lowest BCUT2D eigenvalue weighted by molar-refractivity contribution is 0.0322. The Kier molecular flexibility index (Phi) is 12.6. The summed E-state index contributed by atoms with van der Waals surface area (Å²) in [5, 5.41) is 11.3. The minimum atomic E-state index is 0. The van der Waals surface area contributed by atoms with Gasteiger partial charge < -0.3 is 20.1 Å². The van der Waals surface area contributed by atoms with E-state index in [2.05, 4.69) is 57.4 Å². The minimum absolute atomic E-state index is 0. The van der Waals surface area contributed by atoms with E-state index in [0.717, 1.165) is 81.9 Å². The molecule has 184 valence electrons. The summed E-state index contributed by atoms with van der Waals surface area (Å²) in [5.74, 6) is 1.73. The molecule has 8 nitrogen and oxygen atoms in total. The molecule has 3 rings (SSSR count). The van der Waals surface area contributed by atoms with Crippen molar-refractivity contribution >= 4 is 29.9 Å². The number of benzene rings is 1. The molecule has 2 aromatic rings. The topological polar surface area (TPSA) is 75.9 Å². The first kappa shape index (κ1) is 27.4. The van der Waals surface area contributed by atoms with E-state index in [1.165, 1.54) is 5.69 Å². The van der Waals surface area contributed by atoms with Crippen molar-refractivity contribution in [2.45, 2.75) is 40.3 Å². The lowest BCUT2D eigenvalue weighted by Gasteiger charge is -2.26. The molecule has 1 aliphatic heterocycles. The van der Waals surface area contributed by atoms with Crippen molar-refractivity contribution < 1.29 is 9.47 Å². The van der Waals surface area contributed by atoms with E-state index >= 15 is 0 Å². The normalized spacial score (nSPS) is 14.6. The van der Waals surface area contributed by atoms with Gasteiger partial charge >= 0.3 is 0 Å². The summed E-state index contributed by atoms with van der Waals surface area (Å²) in [4.78, 5) is 7.11. The molecule has 1 saturated heterocycles. The molecular weight excluding hydrogens is 531 g/mol. The predicted molar refractivity (Wildman–Crippen MR) is 144 cm³/mol. The van der Waals surface area contributed by atoms with E-state index in [9.17, 15) is 0 Å². The maximum atomic E-state index is 5.97. The molecular formula is C24H39IN6O2. The number of guanidine groups is 1. The number of hydrogen-bond acceptors (Lipinski definition) is 5. The van der Waals surface area contributed by atoms with Crippen molar-refractivity contribution in [1.29, 1.82) is 0 Å². The average molecular weight is 571 g/mol. The van der Waals surface area contributed by atoms with Gasteiger partial charge in [0.25, 0.3) is 0 Å². The first-order valence-electron chi connectivity index (χ1n) is 11.7. The van der Waals surface area contributed by atoms with E-state index in [-0.39, 0.29) is 24.0 Å². The Balaban J connectivity index is 0.00000385. The molecule has 0 saturated carbocycles. The van der Waals surface area contributed by atoms with Crippen LogP contribution in [0, 0.1) is 13.8 Å². The number of morpholine rings is 1. The second-order valence-corrected chi connectivity index (χ2v) is 8.08. The predicted octanol–water partition coefficient (Wildman–Crippen LogP) is 2.97. The van der Waals surface area contributed by atoms with Crippen LogP contribution < -0.4 is 15.4 Å². The highest BCUT2D eigenvalue weighted by Crippen LogP contribution is 2.14. The van der Waals surface area contributed by atoms with Crippen LogP contribution in [-0.4, -0.2) is 73.2 Å². The molecule has 33 heavy (non-hydrogen) atoms. The fraction of sp³-hybridized carbons (Fsp3) is 0.583. The van der Waals surface area contributed by atoms with Gasteiger partial charge in [0.1, 0.15) is 12.4 Å². The third-order valence-corrected chi connectivity index (χ3v) is 5.38. The van der Waals surface area contributed by atoms with Crippen LogP contribution in [0.5, 0.6) is 5.75 Å². The molecule has 1 aliphatic rings. The Morgan fingerprint density at radius 1 is 1.15 bits per heavy atom. The molecule has 1 fully saturated rings. The second-order valence-electron chi connectivity index (χ2n) is 8.08. The molecule has 0 amide bonds. The number of aliphatic imine (C=N–C) groups is 1. The number of hydrogen-bond donors (Lipinski definition) is 2. The van der Waals surface area contributed by atoms with Crippen molar-refractivity contribution in [3.63, 3.8) is 0 Å². The maximum Gasteiger partial charge on any atom is 0.191 e. The highest BCUT2D eigenvalue weighted by atomic mass is 127. The molecule has 0 aliphatic carbocycles. The van der Waals surface area contributed by atoms with Gasteiger partial charge in [0.2, 0.25) is 0 Å². The minimum Gasteiger partial charge on any atom is -0.492 e. The maximum absolute atomic E-state index is 5.97. The zero-order chi connectivity index (χ0) is 22.6. The van der Waals surface area contributed by atoms with Crippen LogP contribution in [0.1, 0.15) is 30.3 Å². The molecule has 2 heterocycles. The van der Waals surface area contributed by atoms with Gasteiger partial charge in [-0.15, -0.1) is 24.0 Å². The van der Waals surface area contributed by atoms with E-state index in [1.54, 1.807) is 0 Å². The standard InChI is InChI=1S/C24H38N6O2.HI/c1-4-25-24(26-9-6-10-30-21(3)17-20(2)28-30)27-19-22-7-5-8-23(18-22)32-16-13-29-11-14-31-15-12-29;/h5,7-8,17-18H,4,6,9-16,19H2,1-3H3,(H2,25,26,27);1H. The number of nitrogens with zero attached hydrogens (tertiary/aromatic N) is 4. The lowest BCUT2D eigenvalue weighted by atomic mass is 10.2. The number of nitrogens with one attached hydrogen (secondary N) is 2. The molecule has 0 spiro atoms. The van der Waals surface area contributed by atoms with Crippen molar-refractivity contribution in [2.24, 2.45) is 4.99 Å². The highest BCUT2D eigenvalue weighted by molar-refractivity contribution is 14.0. The summed E-state index contributed by atoms with van der Waals surface area (Å²) in [7, 11) is 0. The number of halogens is 1. The van der Waals surface area contributed by atoms with Crippen LogP contribution in [0.3, 0.4) is 0 Å². The summed E-state index contributed by atoms with van der Waals surface area (Å²) in [6.45, 7) is 14.6. The van der Waals surface area contributed by atoms with Crippen LogP contribution >= 0.6 is 24.0 Å². The Morgan fingerprint density at radius 2 is 1.97 bits per heavy atom. The smallest absolute Gasteiger partial charge is 0.191 e. The highest BCUT2D eigenvalue weighted by Gasteiger charge is 2.09. The quantitative estimate of drug-likeness (QED) is 0.187. The molecule has 0 unspecified atom stereocenters. The van der Waals surface area contributed by atoms with Gasteiger partial charge in [-0.1, -0.05) is 12.1 Å². The molecule has 0 bridgehead atoms. The van der Waals surface area contributed by atoms with E-state index in [0.29, 0.717) is 13.2 Å². The molecule has 2 N–H and O–H groups in total. The van der Waals surface area contributed by atoms with Gasteiger partial charge in [0.05, 0.1) is 25.5 Å². The van der Waals surface area contributed by atoms with Gasteiger partial charge in [-0.25, -0.2) is 4.99 Å². The van der Waals surface area contributed by atoms with Crippen LogP contribution in [0.15, 0.2) is 35.3 Å². The van der Waals surface area contributed by atoms with Crippen LogP contribution in [0.2, 0.25) is 0 Å². The van der Waals surface area contributed by atoms with Crippen LogP contribution in [-0.2, 0) is 17.8 Å². The number of ether oxygens (including phenoxy) is 2. The van der Waals surface area contributed by atoms with Crippen molar-refractivity contribution in [3.8, 4) is 5.75 Å². The van der Waals surface area contributed by atoms with Crippen molar-refractivity contribution in [3.05, 3.63) is 47.3 Å². The first-order chi connectivity index (χ1) is 15.6. The summed E-state index contributed by atoms with van der Waals surface area (Å²) in [6, 6.07) is 10.3. The fourth-order valence-corrected chi connectivity index (χ4v) is 3.70. The zero-order valence-corrected chi connectivity index (χ0v) is 22.5. The Labute approximate surface area is 215 Å². The SMILES string of the molecule is CCNC(=NCc1cccc(OCCN2CCOCC2)c1)NCCCn1nc(C)cc1C.I. The fourth-order valence-electron chi connectivity index (χ4n) is 3.70. The second kappa shape index (κ2) is 15.1. The molecule has 0 radical (unpaired) electrons. The number of aromatic nitrogens is 2. The Bertz CT molecular complexity index is 851. The third kappa shape index (κ3) is 9.89. The van der Waals surface area contributed by atoms with Crippen molar-refractivity contribution in [1.82, 2.24) is 25.3 Å². The van der Waals surface area contributed by atoms with Gasteiger partial charge in [-0.3, -0.25) is 9.58 Å². The first-order valence-corrected chi connectivity index (χ1v) is 11.7. The summed E-state index contributed by atoms with van der Waals surface area (Å²) >= 11 is 0. The monoisotopic (exact) mass is 570 g/mol. The Hall–Kier alpha value is -1.85. The van der Waals surface area contributed by atoms with Crippen LogP contribution in [0.25, 0.3) is 0 Å². The Morgan fingerprint density at radius 3 is 2.70 bits per heavy atom. The molecule has 9 heteroatoms. The van der Waals surface area contributed by atoms with Crippen molar-refractivity contribution in [2.75, 3.05) is 52.5 Å². The number of rotatable bonds is 11. The molecule has 1 aromatic heterocycles. The van der Waals surface area contributed by atoms with Gasteiger partial charge in [0.15, 0.2) is 5.96 Å². The average Bonchev–Trinajstić information content (AvgIpc) is 3.12.